The highest BCUT2D eigenvalue weighted by Crippen LogP contribution is 2.16. The van der Waals surface area contributed by atoms with Crippen LogP contribution in [0, 0.1) is 0 Å². The number of ether oxygens (including phenoxy) is 1. The molecule has 3 heterocycles. The van der Waals surface area contributed by atoms with Crippen molar-refractivity contribution in [3.8, 4) is 0 Å². The van der Waals surface area contributed by atoms with Crippen LogP contribution in [0.15, 0.2) is 34.7 Å². The second-order valence-electron chi connectivity index (χ2n) is 5.25. The van der Waals surface area contributed by atoms with Crippen molar-refractivity contribution in [3.05, 3.63) is 50.8 Å². The fraction of sp³-hybridized carbons (Fsp3) is 0.467. The summed E-state index contributed by atoms with van der Waals surface area (Å²) in [5, 5.41) is 2.12. The Morgan fingerprint density at radius 2 is 2.48 bits per heavy atom. The number of hydrogen-bond acceptors (Lipinski definition) is 5. The topological polar surface area (TPSA) is 58.2 Å². The molecule has 2 aromatic rings. The van der Waals surface area contributed by atoms with Crippen LogP contribution >= 0.6 is 11.3 Å². The Bertz CT molecular complexity index is 611. The number of rotatable bonds is 5. The summed E-state index contributed by atoms with van der Waals surface area (Å²) in [6.45, 7) is 3.71. The maximum Gasteiger partial charge on any atom is 0.250 e. The summed E-state index contributed by atoms with van der Waals surface area (Å²) in [5.41, 5.74) is 0.738. The van der Waals surface area contributed by atoms with Gasteiger partial charge in [-0.15, -0.1) is 11.3 Å². The van der Waals surface area contributed by atoms with Gasteiger partial charge in [0, 0.05) is 36.3 Å². The molecule has 0 radical (unpaired) electrons. The standard InChI is InChI=1S/C15H19N3O2S/c19-15-8-12(16-11-17-15)3-4-13-9-18(5-6-20-13)10-14-2-1-7-21-14/h1-2,7-8,11,13H,3-6,9-10H2,(H,16,17,19)/t13-/m0/s1. The van der Waals surface area contributed by atoms with E-state index in [1.807, 2.05) is 0 Å². The van der Waals surface area contributed by atoms with Crippen LogP contribution in [-0.4, -0.2) is 40.7 Å². The molecule has 21 heavy (non-hydrogen) atoms. The van der Waals surface area contributed by atoms with Crippen LogP contribution < -0.4 is 5.56 Å². The van der Waals surface area contributed by atoms with Crippen LogP contribution in [0.2, 0.25) is 0 Å². The molecule has 0 saturated carbocycles. The van der Waals surface area contributed by atoms with Crippen LogP contribution in [0.25, 0.3) is 0 Å². The predicted octanol–water partition coefficient (Wildman–Crippen LogP) is 1.67. The lowest BCUT2D eigenvalue weighted by atomic mass is 10.1. The van der Waals surface area contributed by atoms with Gasteiger partial charge in [0.2, 0.25) is 0 Å². The summed E-state index contributed by atoms with van der Waals surface area (Å²) in [4.78, 5) is 21.8. The Kier molecular flexibility index (Phi) is 4.80. The minimum absolute atomic E-state index is 0.0936. The molecule has 5 nitrogen and oxygen atoms in total. The third-order valence-corrected chi connectivity index (χ3v) is 4.50. The molecule has 0 aliphatic carbocycles. The highest BCUT2D eigenvalue weighted by atomic mass is 32.1. The lowest BCUT2D eigenvalue weighted by Crippen LogP contribution is -2.42. The van der Waals surface area contributed by atoms with Crippen molar-refractivity contribution >= 4 is 11.3 Å². The number of hydrogen-bond donors (Lipinski definition) is 1. The van der Waals surface area contributed by atoms with Gasteiger partial charge in [-0.25, -0.2) is 4.98 Å². The normalized spacial score (nSPS) is 19.7. The van der Waals surface area contributed by atoms with Crippen molar-refractivity contribution in [1.29, 1.82) is 0 Å². The summed E-state index contributed by atoms with van der Waals surface area (Å²) in [6, 6.07) is 5.83. The Balaban J connectivity index is 1.50. The molecule has 0 unspecified atom stereocenters. The van der Waals surface area contributed by atoms with Crippen molar-refractivity contribution in [1.82, 2.24) is 14.9 Å². The SMILES string of the molecule is O=c1cc(CC[C@H]2CN(Cc3cccs3)CCO2)nc[nH]1. The monoisotopic (exact) mass is 305 g/mol. The highest BCUT2D eigenvalue weighted by molar-refractivity contribution is 7.09. The largest absolute Gasteiger partial charge is 0.376 e. The van der Waals surface area contributed by atoms with Gasteiger partial charge in [0.05, 0.1) is 19.0 Å². The van der Waals surface area contributed by atoms with Crippen molar-refractivity contribution in [2.45, 2.75) is 25.5 Å². The first-order valence-corrected chi connectivity index (χ1v) is 8.07. The van der Waals surface area contributed by atoms with E-state index in [0.29, 0.717) is 0 Å². The minimum atomic E-state index is -0.0936. The number of aromatic amines is 1. The van der Waals surface area contributed by atoms with Crippen LogP contribution in [0.4, 0.5) is 0 Å². The van der Waals surface area contributed by atoms with Gasteiger partial charge in [-0.3, -0.25) is 9.69 Å². The molecule has 0 amide bonds. The van der Waals surface area contributed by atoms with Gasteiger partial charge in [-0.1, -0.05) is 6.07 Å². The first-order valence-electron chi connectivity index (χ1n) is 7.19. The van der Waals surface area contributed by atoms with Crippen molar-refractivity contribution in [2.75, 3.05) is 19.7 Å². The molecule has 1 N–H and O–H groups in total. The van der Waals surface area contributed by atoms with E-state index < -0.39 is 0 Å². The molecule has 0 aromatic carbocycles. The van der Waals surface area contributed by atoms with Gasteiger partial charge in [0.25, 0.3) is 5.56 Å². The summed E-state index contributed by atoms with van der Waals surface area (Å²) in [6.07, 6.45) is 3.36. The Morgan fingerprint density at radius 1 is 1.52 bits per heavy atom. The molecule has 1 aliphatic heterocycles. The van der Waals surface area contributed by atoms with E-state index in [4.69, 9.17) is 4.74 Å². The molecule has 3 rings (SSSR count). The van der Waals surface area contributed by atoms with Gasteiger partial charge >= 0.3 is 0 Å². The Morgan fingerprint density at radius 3 is 3.29 bits per heavy atom. The van der Waals surface area contributed by atoms with E-state index in [9.17, 15) is 4.79 Å². The minimum Gasteiger partial charge on any atom is -0.376 e. The van der Waals surface area contributed by atoms with Crippen molar-refractivity contribution < 1.29 is 4.74 Å². The van der Waals surface area contributed by atoms with Crippen LogP contribution in [0.1, 0.15) is 17.0 Å². The summed E-state index contributed by atoms with van der Waals surface area (Å²) in [5.74, 6) is 0. The van der Waals surface area contributed by atoms with Gasteiger partial charge in [0.15, 0.2) is 0 Å². The molecule has 1 saturated heterocycles. The van der Waals surface area contributed by atoms with E-state index >= 15 is 0 Å². The van der Waals surface area contributed by atoms with Gasteiger partial charge in [0.1, 0.15) is 0 Å². The molecule has 1 atom stereocenters. The fourth-order valence-electron chi connectivity index (χ4n) is 2.58. The average Bonchev–Trinajstić information content (AvgIpc) is 2.99. The highest BCUT2D eigenvalue weighted by Gasteiger charge is 2.20. The molecule has 0 spiro atoms. The maximum atomic E-state index is 11.2. The molecule has 1 fully saturated rings. The summed E-state index contributed by atoms with van der Waals surface area (Å²) in [7, 11) is 0. The quantitative estimate of drug-likeness (QED) is 0.913. The van der Waals surface area contributed by atoms with E-state index in [-0.39, 0.29) is 11.7 Å². The number of thiophene rings is 1. The van der Waals surface area contributed by atoms with Crippen LogP contribution in [-0.2, 0) is 17.7 Å². The first-order chi connectivity index (χ1) is 10.3. The van der Waals surface area contributed by atoms with E-state index in [1.165, 1.54) is 11.2 Å². The van der Waals surface area contributed by atoms with E-state index in [2.05, 4.69) is 32.4 Å². The number of nitrogens with zero attached hydrogens (tertiary/aromatic N) is 2. The number of morpholine rings is 1. The molecular weight excluding hydrogens is 286 g/mol. The zero-order chi connectivity index (χ0) is 14.5. The van der Waals surface area contributed by atoms with E-state index in [0.717, 1.165) is 44.8 Å². The molecule has 2 aromatic heterocycles. The van der Waals surface area contributed by atoms with Gasteiger partial charge in [-0.05, 0) is 24.3 Å². The number of H-pyrrole nitrogens is 1. The zero-order valence-electron chi connectivity index (χ0n) is 11.8. The number of aryl methyl sites for hydroxylation is 1. The average molecular weight is 305 g/mol. The van der Waals surface area contributed by atoms with Crippen LogP contribution in [0.3, 0.4) is 0 Å². The molecule has 1 aliphatic rings. The molecule has 6 heteroatoms. The lowest BCUT2D eigenvalue weighted by Gasteiger charge is -2.32. The third-order valence-electron chi connectivity index (χ3n) is 3.64. The molecule has 112 valence electrons. The smallest absolute Gasteiger partial charge is 0.250 e. The summed E-state index contributed by atoms with van der Waals surface area (Å²) < 4.78 is 5.83. The Labute approximate surface area is 127 Å². The van der Waals surface area contributed by atoms with Crippen molar-refractivity contribution in [3.63, 3.8) is 0 Å². The maximum absolute atomic E-state index is 11.2. The molecule has 0 bridgehead atoms. The Hall–Kier alpha value is -1.50. The number of nitrogens with one attached hydrogen (secondary N) is 1. The predicted molar refractivity (Wildman–Crippen MR) is 82.5 cm³/mol. The zero-order valence-corrected chi connectivity index (χ0v) is 12.6. The van der Waals surface area contributed by atoms with Crippen LogP contribution in [0.5, 0.6) is 0 Å². The second kappa shape index (κ2) is 6.98. The van der Waals surface area contributed by atoms with Gasteiger partial charge < -0.3 is 9.72 Å². The third kappa shape index (κ3) is 4.23. The fourth-order valence-corrected chi connectivity index (χ4v) is 3.32. The summed E-state index contributed by atoms with van der Waals surface area (Å²) >= 11 is 1.80. The molecular formula is C15H19N3O2S. The van der Waals surface area contributed by atoms with Crippen molar-refractivity contribution in [2.24, 2.45) is 0 Å². The second-order valence-corrected chi connectivity index (χ2v) is 6.28. The number of aromatic nitrogens is 2. The van der Waals surface area contributed by atoms with E-state index in [1.54, 1.807) is 17.4 Å². The first kappa shape index (κ1) is 14.4. The van der Waals surface area contributed by atoms with Gasteiger partial charge in [-0.2, -0.15) is 0 Å². The lowest BCUT2D eigenvalue weighted by molar-refractivity contribution is -0.0343.